The fourth-order valence-electron chi connectivity index (χ4n) is 3.23. The Morgan fingerprint density at radius 2 is 1.17 bits per heavy atom. The van der Waals surface area contributed by atoms with Crippen molar-refractivity contribution in [2.45, 2.75) is 32.6 Å². The summed E-state index contributed by atoms with van der Waals surface area (Å²) in [5.41, 5.74) is 3.91. The average molecular weight is 519 g/mol. The van der Waals surface area contributed by atoms with Crippen molar-refractivity contribution >= 4 is 26.0 Å². The maximum Gasteiger partial charge on any atom is 0.265 e. The molecular formula is C26H30O7S2. The van der Waals surface area contributed by atoms with E-state index in [2.05, 4.69) is 13.8 Å². The highest BCUT2D eigenvalue weighted by Crippen LogP contribution is 2.16. The van der Waals surface area contributed by atoms with Crippen LogP contribution < -0.4 is 0 Å². The van der Waals surface area contributed by atoms with Crippen molar-refractivity contribution in [3.05, 3.63) is 107 Å². The lowest BCUT2D eigenvalue weighted by Gasteiger charge is -2.07. The molecule has 188 valence electrons. The SMILES string of the molecule is CC(C)c1cccc(CCS(=O)(=O)O)c1.O=C(c1ccccc1)c1cccc(CCS(=O)(=O)O)c1. The smallest absolute Gasteiger partial charge is 0.265 e. The molecule has 0 aliphatic heterocycles. The maximum atomic E-state index is 12.2. The summed E-state index contributed by atoms with van der Waals surface area (Å²) in [6.45, 7) is 4.17. The summed E-state index contributed by atoms with van der Waals surface area (Å²) in [5.74, 6) is -0.250. The lowest BCUT2D eigenvalue weighted by atomic mass is 10.0. The Morgan fingerprint density at radius 1 is 0.686 bits per heavy atom. The molecule has 3 aromatic rings. The van der Waals surface area contributed by atoms with Crippen LogP contribution in [-0.4, -0.2) is 43.2 Å². The van der Waals surface area contributed by atoms with Gasteiger partial charge in [0.2, 0.25) is 0 Å². The van der Waals surface area contributed by atoms with Gasteiger partial charge in [0.25, 0.3) is 20.2 Å². The molecule has 9 heteroatoms. The van der Waals surface area contributed by atoms with Crippen LogP contribution in [0, 0.1) is 0 Å². The lowest BCUT2D eigenvalue weighted by Crippen LogP contribution is -2.07. The monoisotopic (exact) mass is 518 g/mol. The topological polar surface area (TPSA) is 126 Å². The highest BCUT2D eigenvalue weighted by atomic mass is 32.2. The number of ketones is 1. The molecule has 35 heavy (non-hydrogen) atoms. The largest absolute Gasteiger partial charge is 0.289 e. The predicted octanol–water partition coefficient (Wildman–Crippen LogP) is 4.59. The van der Waals surface area contributed by atoms with Gasteiger partial charge in [0.1, 0.15) is 0 Å². The van der Waals surface area contributed by atoms with E-state index in [4.69, 9.17) is 9.11 Å². The second-order valence-electron chi connectivity index (χ2n) is 8.37. The third-order valence-electron chi connectivity index (χ3n) is 5.14. The zero-order valence-corrected chi connectivity index (χ0v) is 21.3. The number of carbonyl (C=O) groups is 1. The van der Waals surface area contributed by atoms with Gasteiger partial charge in [-0.25, -0.2) is 0 Å². The first-order chi connectivity index (χ1) is 16.3. The Morgan fingerprint density at radius 3 is 1.69 bits per heavy atom. The van der Waals surface area contributed by atoms with E-state index in [-0.39, 0.29) is 23.7 Å². The molecule has 3 aromatic carbocycles. The van der Waals surface area contributed by atoms with Gasteiger partial charge in [-0.15, -0.1) is 0 Å². The number of aryl methyl sites for hydroxylation is 2. The second kappa shape index (κ2) is 12.7. The normalized spacial score (nSPS) is 11.6. The van der Waals surface area contributed by atoms with Crippen molar-refractivity contribution in [3.8, 4) is 0 Å². The van der Waals surface area contributed by atoms with E-state index >= 15 is 0 Å². The molecule has 0 radical (unpaired) electrons. The second-order valence-corrected chi connectivity index (χ2v) is 11.5. The molecule has 0 saturated carbocycles. The van der Waals surface area contributed by atoms with Crippen molar-refractivity contribution in [2.75, 3.05) is 11.5 Å². The van der Waals surface area contributed by atoms with Crippen molar-refractivity contribution < 1.29 is 30.7 Å². The summed E-state index contributed by atoms with van der Waals surface area (Å²) < 4.78 is 60.0. The van der Waals surface area contributed by atoms with E-state index in [9.17, 15) is 21.6 Å². The molecule has 2 N–H and O–H groups in total. The number of hydrogen-bond donors (Lipinski definition) is 2. The molecule has 0 bridgehead atoms. The van der Waals surface area contributed by atoms with E-state index in [1.165, 1.54) is 5.56 Å². The zero-order valence-electron chi connectivity index (χ0n) is 19.7. The van der Waals surface area contributed by atoms with E-state index in [1.807, 2.05) is 30.3 Å². The molecule has 0 aliphatic rings. The molecule has 0 saturated heterocycles. The van der Waals surface area contributed by atoms with Crippen LogP contribution in [0.2, 0.25) is 0 Å². The van der Waals surface area contributed by atoms with Crippen LogP contribution >= 0.6 is 0 Å². The van der Waals surface area contributed by atoms with Crippen LogP contribution in [0.1, 0.15) is 52.4 Å². The minimum Gasteiger partial charge on any atom is -0.289 e. The van der Waals surface area contributed by atoms with Gasteiger partial charge in [0.05, 0.1) is 11.5 Å². The van der Waals surface area contributed by atoms with Crippen molar-refractivity contribution in [1.82, 2.24) is 0 Å². The fraction of sp³-hybridized carbons (Fsp3) is 0.269. The summed E-state index contributed by atoms with van der Waals surface area (Å²) in [6, 6.07) is 23.4. The van der Waals surface area contributed by atoms with Gasteiger partial charge in [-0.1, -0.05) is 86.6 Å². The highest BCUT2D eigenvalue weighted by Gasteiger charge is 2.10. The van der Waals surface area contributed by atoms with Crippen molar-refractivity contribution in [1.29, 1.82) is 0 Å². The first-order valence-electron chi connectivity index (χ1n) is 11.0. The van der Waals surface area contributed by atoms with Crippen molar-refractivity contribution in [2.24, 2.45) is 0 Å². The number of benzene rings is 3. The third-order valence-corrected chi connectivity index (χ3v) is 6.58. The summed E-state index contributed by atoms with van der Waals surface area (Å²) >= 11 is 0. The Kier molecular flexibility index (Phi) is 10.3. The molecule has 0 unspecified atom stereocenters. The Balaban J connectivity index is 0.000000258. The zero-order chi connectivity index (χ0) is 26.1. The van der Waals surface area contributed by atoms with Crippen molar-refractivity contribution in [3.63, 3.8) is 0 Å². The minimum atomic E-state index is -3.99. The van der Waals surface area contributed by atoms with Crippen LogP contribution in [-0.2, 0) is 33.1 Å². The average Bonchev–Trinajstić information content (AvgIpc) is 2.81. The van der Waals surface area contributed by atoms with Gasteiger partial charge in [-0.05, 0) is 41.5 Å². The van der Waals surface area contributed by atoms with E-state index in [0.717, 1.165) is 5.56 Å². The molecule has 0 atom stereocenters. The molecule has 3 rings (SSSR count). The van der Waals surface area contributed by atoms with E-state index in [0.29, 0.717) is 29.0 Å². The molecule has 0 aliphatic carbocycles. The Hall–Kier alpha value is -2.85. The predicted molar refractivity (Wildman–Crippen MR) is 137 cm³/mol. The van der Waals surface area contributed by atoms with Gasteiger partial charge in [0.15, 0.2) is 5.78 Å². The van der Waals surface area contributed by atoms with E-state index < -0.39 is 20.2 Å². The van der Waals surface area contributed by atoms with Gasteiger partial charge < -0.3 is 0 Å². The quantitative estimate of drug-likeness (QED) is 0.313. The van der Waals surface area contributed by atoms with Gasteiger partial charge in [0, 0.05) is 11.1 Å². The molecule has 0 amide bonds. The van der Waals surface area contributed by atoms with E-state index in [1.54, 1.807) is 48.5 Å². The fourth-order valence-corrected chi connectivity index (χ4v) is 4.21. The molecule has 0 heterocycles. The summed E-state index contributed by atoms with van der Waals surface area (Å²) in [4.78, 5) is 12.2. The molecular weight excluding hydrogens is 488 g/mol. The molecule has 0 spiro atoms. The van der Waals surface area contributed by atoms with Gasteiger partial charge >= 0.3 is 0 Å². The van der Waals surface area contributed by atoms with Crippen LogP contribution in [0.15, 0.2) is 78.9 Å². The first kappa shape index (κ1) is 28.4. The molecule has 0 aromatic heterocycles. The van der Waals surface area contributed by atoms with Crippen LogP contribution in [0.25, 0.3) is 0 Å². The maximum absolute atomic E-state index is 12.2. The number of rotatable bonds is 9. The Labute approximate surface area is 207 Å². The summed E-state index contributed by atoms with van der Waals surface area (Å²) in [6.07, 6.45) is 0.536. The number of carbonyl (C=O) groups excluding carboxylic acids is 1. The summed E-state index contributed by atoms with van der Waals surface area (Å²) in [5, 5.41) is 0. The lowest BCUT2D eigenvalue weighted by molar-refractivity contribution is 0.103. The minimum absolute atomic E-state index is 0.112. The first-order valence-corrected chi connectivity index (χ1v) is 14.2. The highest BCUT2D eigenvalue weighted by molar-refractivity contribution is 7.86. The molecule has 0 fully saturated rings. The van der Waals surface area contributed by atoms with Gasteiger partial charge in [-0.2, -0.15) is 16.8 Å². The standard InChI is InChI=1S/C15H14O4S.C11H16O3S/c16-15(13-6-2-1-3-7-13)14-8-4-5-12(11-14)9-10-20(17,18)19;1-9(2)11-5-3-4-10(8-11)6-7-15(12,13)14/h1-8,11H,9-10H2,(H,17,18,19);3-5,8-9H,6-7H2,1-2H3,(H,12,13,14). The van der Waals surface area contributed by atoms with Gasteiger partial charge in [-0.3, -0.25) is 13.9 Å². The van der Waals surface area contributed by atoms with Crippen LogP contribution in [0.3, 0.4) is 0 Å². The Bertz CT molecular complexity index is 1330. The van der Waals surface area contributed by atoms with Crippen LogP contribution in [0.4, 0.5) is 0 Å². The summed E-state index contributed by atoms with van der Waals surface area (Å²) in [7, 11) is -7.85. The number of hydrogen-bond acceptors (Lipinski definition) is 5. The molecule has 7 nitrogen and oxygen atoms in total. The van der Waals surface area contributed by atoms with Crippen LogP contribution in [0.5, 0.6) is 0 Å². The third kappa shape index (κ3) is 11.0.